The number of anilines is 1. The Kier molecular flexibility index (Phi) is 3.90. The minimum absolute atomic E-state index is 0.0392. The third-order valence-corrected chi connectivity index (χ3v) is 2.39. The minimum atomic E-state index is -0.436. The number of carbonyl (C=O) groups is 1. The average Bonchev–Trinajstić information content (AvgIpc) is 2.17. The molecule has 0 aromatic heterocycles. The molecule has 0 radical (unpaired) electrons. The van der Waals surface area contributed by atoms with Crippen molar-refractivity contribution in [2.75, 3.05) is 12.3 Å². The number of nitrogen functional groups attached to an aromatic ring is 1. The highest BCUT2D eigenvalue weighted by atomic mass is 16.3. The summed E-state index contributed by atoms with van der Waals surface area (Å²) in [5.74, 6) is -0.212. The summed E-state index contributed by atoms with van der Waals surface area (Å²) in [5, 5.41) is 11.7. The first-order valence-electron chi connectivity index (χ1n) is 5.24. The Morgan fingerprint density at radius 1 is 1.44 bits per heavy atom. The van der Waals surface area contributed by atoms with Crippen molar-refractivity contribution in [1.82, 2.24) is 5.32 Å². The van der Waals surface area contributed by atoms with Crippen LogP contribution in [0.3, 0.4) is 0 Å². The first-order chi connectivity index (χ1) is 7.46. The summed E-state index contributed by atoms with van der Waals surface area (Å²) in [6.07, 6.45) is 0.505. The molecule has 16 heavy (non-hydrogen) atoms. The van der Waals surface area contributed by atoms with Gasteiger partial charge in [0.1, 0.15) is 0 Å². The van der Waals surface area contributed by atoms with E-state index in [1.165, 1.54) is 0 Å². The molecule has 4 nitrogen and oxygen atoms in total. The smallest absolute Gasteiger partial charge is 0.253 e. The van der Waals surface area contributed by atoms with E-state index in [0.29, 0.717) is 17.7 Å². The quantitative estimate of drug-likeness (QED) is 0.669. The van der Waals surface area contributed by atoms with Crippen molar-refractivity contribution in [3.63, 3.8) is 0 Å². The van der Waals surface area contributed by atoms with E-state index in [4.69, 9.17) is 10.8 Å². The Hall–Kier alpha value is -1.55. The summed E-state index contributed by atoms with van der Waals surface area (Å²) in [4.78, 5) is 11.9. The van der Waals surface area contributed by atoms with Gasteiger partial charge < -0.3 is 16.2 Å². The zero-order valence-electron chi connectivity index (χ0n) is 9.66. The Bertz CT molecular complexity index is 375. The maximum atomic E-state index is 11.9. The van der Waals surface area contributed by atoms with E-state index in [2.05, 4.69) is 5.32 Å². The third kappa shape index (κ3) is 3.24. The second-order valence-corrected chi connectivity index (χ2v) is 4.40. The van der Waals surface area contributed by atoms with E-state index < -0.39 is 5.54 Å². The first-order valence-corrected chi connectivity index (χ1v) is 5.24. The molecule has 0 saturated heterocycles. The maximum Gasteiger partial charge on any atom is 0.253 e. The molecule has 0 heterocycles. The number of nitrogens with two attached hydrogens (primary N) is 1. The number of para-hydroxylation sites is 1. The van der Waals surface area contributed by atoms with Crippen LogP contribution in [-0.4, -0.2) is 23.2 Å². The molecule has 0 aliphatic heterocycles. The van der Waals surface area contributed by atoms with Gasteiger partial charge in [0.2, 0.25) is 0 Å². The second-order valence-electron chi connectivity index (χ2n) is 4.40. The maximum absolute atomic E-state index is 11.9. The molecule has 4 heteroatoms. The minimum Gasteiger partial charge on any atom is -0.398 e. The summed E-state index contributed by atoms with van der Waals surface area (Å²) in [6.45, 7) is 3.76. The first kappa shape index (κ1) is 12.5. The van der Waals surface area contributed by atoms with Gasteiger partial charge in [-0.25, -0.2) is 0 Å². The van der Waals surface area contributed by atoms with Gasteiger partial charge in [-0.1, -0.05) is 12.1 Å². The summed E-state index contributed by atoms with van der Waals surface area (Å²) in [6, 6.07) is 6.92. The highest BCUT2D eigenvalue weighted by Gasteiger charge is 2.21. The van der Waals surface area contributed by atoms with Crippen molar-refractivity contribution in [3.05, 3.63) is 29.8 Å². The summed E-state index contributed by atoms with van der Waals surface area (Å²) in [5.41, 5.74) is 6.19. The fraction of sp³-hybridized carbons (Fsp3) is 0.417. The molecule has 0 saturated carbocycles. The topological polar surface area (TPSA) is 75.3 Å². The normalized spacial score (nSPS) is 11.2. The zero-order chi connectivity index (χ0) is 12.2. The van der Waals surface area contributed by atoms with E-state index in [0.717, 1.165) is 0 Å². The monoisotopic (exact) mass is 222 g/mol. The SMILES string of the molecule is CC(C)(CCO)NC(=O)c1ccccc1N. The molecule has 0 spiro atoms. The lowest BCUT2D eigenvalue weighted by atomic mass is 10.0. The molecule has 0 aliphatic rings. The lowest BCUT2D eigenvalue weighted by molar-refractivity contribution is 0.0900. The Balaban J connectivity index is 2.77. The molecule has 0 aliphatic carbocycles. The van der Waals surface area contributed by atoms with Crippen LogP contribution in [0.2, 0.25) is 0 Å². The van der Waals surface area contributed by atoms with Crippen molar-refractivity contribution in [3.8, 4) is 0 Å². The Labute approximate surface area is 95.5 Å². The van der Waals surface area contributed by atoms with E-state index in [1.54, 1.807) is 24.3 Å². The van der Waals surface area contributed by atoms with Crippen molar-refractivity contribution in [2.24, 2.45) is 0 Å². The number of benzene rings is 1. The van der Waals surface area contributed by atoms with Gasteiger partial charge in [-0.2, -0.15) is 0 Å². The van der Waals surface area contributed by atoms with E-state index >= 15 is 0 Å². The van der Waals surface area contributed by atoms with Crippen molar-refractivity contribution >= 4 is 11.6 Å². The zero-order valence-corrected chi connectivity index (χ0v) is 9.66. The Morgan fingerprint density at radius 2 is 2.06 bits per heavy atom. The molecule has 1 rings (SSSR count). The highest BCUT2D eigenvalue weighted by Crippen LogP contribution is 2.13. The number of nitrogens with one attached hydrogen (secondary N) is 1. The van der Waals surface area contributed by atoms with Gasteiger partial charge in [0, 0.05) is 17.8 Å². The van der Waals surface area contributed by atoms with Crippen LogP contribution >= 0.6 is 0 Å². The molecule has 0 fully saturated rings. The number of aliphatic hydroxyl groups is 1. The van der Waals surface area contributed by atoms with Crippen molar-refractivity contribution in [1.29, 1.82) is 0 Å². The van der Waals surface area contributed by atoms with Crippen LogP contribution in [0.4, 0.5) is 5.69 Å². The number of hydrogen-bond acceptors (Lipinski definition) is 3. The molecule has 88 valence electrons. The Morgan fingerprint density at radius 3 is 2.62 bits per heavy atom. The van der Waals surface area contributed by atoms with Crippen LogP contribution in [0.25, 0.3) is 0 Å². The van der Waals surface area contributed by atoms with Crippen LogP contribution in [0, 0.1) is 0 Å². The molecule has 1 aromatic rings. The van der Waals surface area contributed by atoms with E-state index in [1.807, 2.05) is 13.8 Å². The lowest BCUT2D eigenvalue weighted by Crippen LogP contribution is -2.44. The summed E-state index contributed by atoms with van der Waals surface area (Å²) in [7, 11) is 0. The molecular weight excluding hydrogens is 204 g/mol. The average molecular weight is 222 g/mol. The van der Waals surface area contributed by atoms with Crippen LogP contribution in [0.15, 0.2) is 24.3 Å². The molecular formula is C12H18N2O2. The summed E-state index contributed by atoms with van der Waals surface area (Å²) >= 11 is 0. The largest absolute Gasteiger partial charge is 0.398 e. The molecule has 0 atom stereocenters. The molecule has 1 aromatic carbocycles. The van der Waals surface area contributed by atoms with Crippen LogP contribution in [0.1, 0.15) is 30.6 Å². The fourth-order valence-electron chi connectivity index (χ4n) is 1.42. The van der Waals surface area contributed by atoms with Gasteiger partial charge in [-0.3, -0.25) is 4.79 Å². The predicted octanol–water partition coefficient (Wildman–Crippen LogP) is 1.16. The standard InChI is InChI=1S/C12H18N2O2/c1-12(2,7-8-15)14-11(16)9-5-3-4-6-10(9)13/h3-6,15H,7-8,13H2,1-2H3,(H,14,16). The molecule has 1 amide bonds. The van der Waals surface area contributed by atoms with Gasteiger partial charge in [0.25, 0.3) is 5.91 Å². The number of hydrogen-bond donors (Lipinski definition) is 3. The predicted molar refractivity (Wildman–Crippen MR) is 64.1 cm³/mol. The van der Waals surface area contributed by atoms with E-state index in [9.17, 15) is 4.79 Å². The lowest BCUT2D eigenvalue weighted by Gasteiger charge is -2.25. The van der Waals surface area contributed by atoms with Gasteiger partial charge >= 0.3 is 0 Å². The summed E-state index contributed by atoms with van der Waals surface area (Å²) < 4.78 is 0. The number of amides is 1. The molecule has 0 unspecified atom stereocenters. The van der Waals surface area contributed by atoms with Crippen molar-refractivity contribution in [2.45, 2.75) is 25.8 Å². The van der Waals surface area contributed by atoms with Crippen LogP contribution in [-0.2, 0) is 0 Å². The molecule has 0 bridgehead atoms. The fourth-order valence-corrected chi connectivity index (χ4v) is 1.42. The molecule has 4 N–H and O–H groups in total. The highest BCUT2D eigenvalue weighted by molar-refractivity contribution is 5.99. The number of rotatable bonds is 4. The van der Waals surface area contributed by atoms with Crippen LogP contribution < -0.4 is 11.1 Å². The second kappa shape index (κ2) is 4.99. The van der Waals surface area contributed by atoms with Gasteiger partial charge in [0.15, 0.2) is 0 Å². The van der Waals surface area contributed by atoms with Crippen molar-refractivity contribution < 1.29 is 9.90 Å². The van der Waals surface area contributed by atoms with Gasteiger partial charge in [-0.05, 0) is 32.4 Å². The number of carbonyl (C=O) groups excluding carboxylic acids is 1. The van der Waals surface area contributed by atoms with Crippen LogP contribution in [0.5, 0.6) is 0 Å². The number of aliphatic hydroxyl groups excluding tert-OH is 1. The third-order valence-electron chi connectivity index (χ3n) is 2.39. The van der Waals surface area contributed by atoms with E-state index in [-0.39, 0.29) is 12.5 Å². The van der Waals surface area contributed by atoms with Gasteiger partial charge in [0.05, 0.1) is 5.56 Å². The van der Waals surface area contributed by atoms with Gasteiger partial charge in [-0.15, -0.1) is 0 Å².